The van der Waals surface area contributed by atoms with E-state index in [-0.39, 0.29) is 6.04 Å². The van der Waals surface area contributed by atoms with E-state index in [9.17, 15) is 0 Å². The van der Waals surface area contributed by atoms with E-state index in [1.54, 1.807) is 0 Å². The molecule has 0 amide bonds. The van der Waals surface area contributed by atoms with Crippen molar-refractivity contribution >= 4 is 0 Å². The van der Waals surface area contributed by atoms with Crippen molar-refractivity contribution in [3.63, 3.8) is 0 Å². The molecular weight excluding hydrogens is 226 g/mol. The SMILES string of the molecule is Cc1cc(C)c(OCC2COCC(C)N2)c(C)c1. The Kier molecular flexibility index (Phi) is 4.25. The van der Waals surface area contributed by atoms with Crippen molar-refractivity contribution in [2.75, 3.05) is 19.8 Å². The highest BCUT2D eigenvalue weighted by atomic mass is 16.5. The lowest BCUT2D eigenvalue weighted by molar-refractivity contribution is 0.0351. The van der Waals surface area contributed by atoms with Gasteiger partial charge in [-0.3, -0.25) is 0 Å². The summed E-state index contributed by atoms with van der Waals surface area (Å²) in [6.07, 6.45) is 0. The number of hydrogen-bond acceptors (Lipinski definition) is 3. The molecule has 0 saturated carbocycles. The third-order valence-electron chi connectivity index (χ3n) is 3.24. The highest BCUT2D eigenvalue weighted by Gasteiger charge is 2.19. The van der Waals surface area contributed by atoms with Gasteiger partial charge in [-0.25, -0.2) is 0 Å². The summed E-state index contributed by atoms with van der Waals surface area (Å²) >= 11 is 0. The summed E-state index contributed by atoms with van der Waals surface area (Å²) in [5.41, 5.74) is 3.69. The molecule has 2 unspecified atom stereocenters. The maximum atomic E-state index is 5.97. The fourth-order valence-corrected chi connectivity index (χ4v) is 2.56. The number of rotatable bonds is 3. The zero-order valence-corrected chi connectivity index (χ0v) is 11.7. The summed E-state index contributed by atoms with van der Waals surface area (Å²) < 4.78 is 11.5. The second-order valence-corrected chi connectivity index (χ2v) is 5.34. The predicted molar refractivity (Wildman–Crippen MR) is 73.4 cm³/mol. The first-order valence-corrected chi connectivity index (χ1v) is 6.60. The molecule has 3 nitrogen and oxygen atoms in total. The molecule has 2 atom stereocenters. The molecular formula is C15H23NO2. The third kappa shape index (κ3) is 3.24. The lowest BCUT2D eigenvalue weighted by Crippen LogP contribution is -2.50. The quantitative estimate of drug-likeness (QED) is 0.892. The van der Waals surface area contributed by atoms with Gasteiger partial charge < -0.3 is 14.8 Å². The van der Waals surface area contributed by atoms with Gasteiger partial charge in [0.25, 0.3) is 0 Å². The molecule has 1 aromatic rings. The second-order valence-electron chi connectivity index (χ2n) is 5.34. The highest BCUT2D eigenvalue weighted by Crippen LogP contribution is 2.24. The van der Waals surface area contributed by atoms with E-state index in [1.165, 1.54) is 16.7 Å². The van der Waals surface area contributed by atoms with E-state index in [4.69, 9.17) is 9.47 Å². The largest absolute Gasteiger partial charge is 0.491 e. The lowest BCUT2D eigenvalue weighted by atomic mass is 10.1. The van der Waals surface area contributed by atoms with E-state index < -0.39 is 0 Å². The molecule has 1 saturated heterocycles. The van der Waals surface area contributed by atoms with Gasteiger partial charge in [-0.1, -0.05) is 17.7 Å². The van der Waals surface area contributed by atoms with Crippen LogP contribution in [0.15, 0.2) is 12.1 Å². The van der Waals surface area contributed by atoms with Crippen LogP contribution in [0.5, 0.6) is 5.75 Å². The van der Waals surface area contributed by atoms with Gasteiger partial charge in [-0.2, -0.15) is 0 Å². The van der Waals surface area contributed by atoms with Crippen LogP contribution in [0.1, 0.15) is 23.6 Å². The van der Waals surface area contributed by atoms with E-state index >= 15 is 0 Å². The number of aryl methyl sites for hydroxylation is 3. The van der Waals surface area contributed by atoms with E-state index in [0.717, 1.165) is 19.0 Å². The minimum atomic E-state index is 0.286. The van der Waals surface area contributed by atoms with E-state index in [1.807, 2.05) is 0 Å². The molecule has 1 N–H and O–H groups in total. The molecule has 1 aliphatic rings. The molecule has 2 rings (SSSR count). The van der Waals surface area contributed by atoms with Gasteiger partial charge in [0.15, 0.2) is 0 Å². The summed E-state index contributed by atoms with van der Waals surface area (Å²) in [4.78, 5) is 0. The topological polar surface area (TPSA) is 30.5 Å². The normalized spacial score (nSPS) is 24.0. The second kappa shape index (κ2) is 5.72. The Morgan fingerprint density at radius 2 is 1.89 bits per heavy atom. The molecule has 1 fully saturated rings. The molecule has 0 bridgehead atoms. The number of hydrogen-bond donors (Lipinski definition) is 1. The molecule has 0 aromatic heterocycles. The van der Waals surface area contributed by atoms with Crippen LogP contribution in [-0.4, -0.2) is 31.9 Å². The standard InChI is InChI=1S/C15H23NO2/c1-10-5-11(2)15(12(3)6-10)18-9-14-8-17-7-13(4)16-14/h5-6,13-14,16H,7-9H2,1-4H3. The Balaban J connectivity index is 1.97. The Hall–Kier alpha value is -1.06. The number of nitrogens with one attached hydrogen (secondary N) is 1. The molecule has 3 heteroatoms. The number of morpholine rings is 1. The average Bonchev–Trinajstić information content (AvgIpc) is 2.27. The van der Waals surface area contributed by atoms with Crippen LogP contribution >= 0.6 is 0 Å². The third-order valence-corrected chi connectivity index (χ3v) is 3.24. The number of benzene rings is 1. The Morgan fingerprint density at radius 3 is 2.50 bits per heavy atom. The maximum absolute atomic E-state index is 5.97. The molecule has 100 valence electrons. The van der Waals surface area contributed by atoms with Crippen LogP contribution in [0.4, 0.5) is 0 Å². The summed E-state index contributed by atoms with van der Waals surface area (Å²) in [5.74, 6) is 1.01. The molecule has 18 heavy (non-hydrogen) atoms. The lowest BCUT2D eigenvalue weighted by Gasteiger charge is -2.29. The molecule has 0 aliphatic carbocycles. The molecule has 0 spiro atoms. The molecule has 1 aromatic carbocycles. The van der Waals surface area contributed by atoms with Crippen LogP contribution < -0.4 is 10.1 Å². The smallest absolute Gasteiger partial charge is 0.125 e. The van der Waals surface area contributed by atoms with Crippen molar-refractivity contribution in [3.05, 3.63) is 28.8 Å². The van der Waals surface area contributed by atoms with Gasteiger partial charge in [0.2, 0.25) is 0 Å². The van der Waals surface area contributed by atoms with Gasteiger partial charge in [0.05, 0.1) is 19.3 Å². The van der Waals surface area contributed by atoms with Crippen molar-refractivity contribution in [2.24, 2.45) is 0 Å². The van der Waals surface area contributed by atoms with E-state index in [0.29, 0.717) is 12.6 Å². The van der Waals surface area contributed by atoms with Gasteiger partial charge in [-0.15, -0.1) is 0 Å². The fourth-order valence-electron chi connectivity index (χ4n) is 2.56. The van der Waals surface area contributed by atoms with Crippen LogP contribution in [0.25, 0.3) is 0 Å². The minimum Gasteiger partial charge on any atom is -0.491 e. The predicted octanol–water partition coefficient (Wildman–Crippen LogP) is 2.37. The Morgan fingerprint density at radius 1 is 1.22 bits per heavy atom. The Bertz CT molecular complexity index is 394. The van der Waals surface area contributed by atoms with Gasteiger partial charge in [0.1, 0.15) is 12.4 Å². The summed E-state index contributed by atoms with van der Waals surface area (Å²) in [6, 6.07) is 5.02. The zero-order chi connectivity index (χ0) is 13.1. The fraction of sp³-hybridized carbons (Fsp3) is 0.600. The van der Waals surface area contributed by atoms with Crippen molar-refractivity contribution in [3.8, 4) is 5.75 Å². The van der Waals surface area contributed by atoms with Crippen molar-refractivity contribution in [1.82, 2.24) is 5.32 Å². The first kappa shape index (κ1) is 13.4. The van der Waals surface area contributed by atoms with Crippen LogP contribution in [0.3, 0.4) is 0 Å². The minimum absolute atomic E-state index is 0.286. The summed E-state index contributed by atoms with van der Waals surface area (Å²) in [5, 5.41) is 3.49. The van der Waals surface area contributed by atoms with Gasteiger partial charge in [0, 0.05) is 6.04 Å². The van der Waals surface area contributed by atoms with Gasteiger partial charge in [-0.05, 0) is 38.8 Å². The molecule has 1 heterocycles. The highest BCUT2D eigenvalue weighted by molar-refractivity contribution is 5.42. The van der Waals surface area contributed by atoms with E-state index in [2.05, 4.69) is 45.1 Å². The molecule has 1 aliphatic heterocycles. The Labute approximate surface area is 109 Å². The first-order valence-electron chi connectivity index (χ1n) is 6.60. The van der Waals surface area contributed by atoms with Crippen molar-refractivity contribution in [1.29, 1.82) is 0 Å². The van der Waals surface area contributed by atoms with Crippen LogP contribution in [0, 0.1) is 20.8 Å². The molecule has 0 radical (unpaired) electrons. The van der Waals surface area contributed by atoms with Crippen molar-refractivity contribution < 1.29 is 9.47 Å². The monoisotopic (exact) mass is 249 g/mol. The summed E-state index contributed by atoms with van der Waals surface area (Å²) in [6.45, 7) is 10.6. The number of ether oxygens (including phenoxy) is 2. The van der Waals surface area contributed by atoms with Crippen LogP contribution in [-0.2, 0) is 4.74 Å². The van der Waals surface area contributed by atoms with Crippen LogP contribution in [0.2, 0.25) is 0 Å². The van der Waals surface area contributed by atoms with Crippen molar-refractivity contribution in [2.45, 2.75) is 39.8 Å². The van der Waals surface area contributed by atoms with Gasteiger partial charge >= 0.3 is 0 Å². The zero-order valence-electron chi connectivity index (χ0n) is 11.7. The summed E-state index contributed by atoms with van der Waals surface area (Å²) in [7, 11) is 0. The average molecular weight is 249 g/mol. The first-order chi connectivity index (χ1) is 8.56. The maximum Gasteiger partial charge on any atom is 0.125 e.